The van der Waals surface area contributed by atoms with Crippen molar-refractivity contribution in [2.24, 2.45) is 0 Å². The first-order valence-corrected chi connectivity index (χ1v) is 25.2. The number of hydrogen-bond acceptors (Lipinski definition) is 19. The number of nitrogens with one attached hydrogen (secondary N) is 2. The predicted molar refractivity (Wildman–Crippen MR) is 280 cm³/mol. The second-order valence-electron chi connectivity index (χ2n) is 19.5. The van der Waals surface area contributed by atoms with Gasteiger partial charge in [0.25, 0.3) is 0 Å². The molecule has 0 radical (unpaired) electrons. The van der Waals surface area contributed by atoms with Crippen molar-refractivity contribution in [1.82, 2.24) is 39.9 Å². The molecule has 0 aromatic carbocycles. The lowest BCUT2D eigenvalue weighted by molar-refractivity contribution is -0.142. The zero-order chi connectivity index (χ0) is 51.7. The number of ether oxygens (including phenoxy) is 6. The fraction of sp³-hybridized carbons (Fsp3) is 0.431. The van der Waals surface area contributed by atoms with Gasteiger partial charge in [0, 0.05) is 67.1 Å². The molecule has 21 nitrogen and oxygen atoms in total. The highest BCUT2D eigenvalue weighted by Gasteiger charge is 2.41. The molecule has 4 fully saturated rings. The van der Waals surface area contributed by atoms with Gasteiger partial charge in [-0.15, -0.1) is 0 Å². The van der Waals surface area contributed by atoms with Crippen LogP contribution < -0.4 is 40.5 Å². The van der Waals surface area contributed by atoms with E-state index in [9.17, 15) is 4.79 Å². The van der Waals surface area contributed by atoms with Crippen LogP contribution in [0.25, 0.3) is 22.5 Å². The Bertz CT molecular complexity index is 2990. The first kappa shape index (κ1) is 50.8. The molecule has 23 heteroatoms. The first-order valence-electron chi connectivity index (χ1n) is 24.4. The average Bonchev–Trinajstić information content (AvgIpc) is 4.17. The molecule has 0 spiro atoms. The van der Waals surface area contributed by atoms with E-state index in [1.165, 1.54) is 24.8 Å². The van der Waals surface area contributed by atoms with E-state index in [4.69, 9.17) is 67.3 Å². The summed E-state index contributed by atoms with van der Waals surface area (Å²) < 4.78 is 33.3. The van der Waals surface area contributed by atoms with Gasteiger partial charge in [-0.1, -0.05) is 23.2 Å². The van der Waals surface area contributed by atoms with Crippen LogP contribution in [0.3, 0.4) is 0 Å². The molecule has 74 heavy (non-hydrogen) atoms. The number of aryl methyl sites for hydroxylation is 2. The topological polar surface area (TPSA) is 235 Å². The zero-order valence-electron chi connectivity index (χ0n) is 41.9. The van der Waals surface area contributed by atoms with Crippen molar-refractivity contribution in [2.45, 2.75) is 90.2 Å². The largest absolute Gasteiger partial charge is 0.474 e. The van der Waals surface area contributed by atoms with Crippen LogP contribution in [0.1, 0.15) is 51.9 Å². The number of carbonyl (C=O) groups excluding carboxylic acids is 1. The number of anilines is 6. The Morgan fingerprint density at radius 1 is 0.743 bits per heavy atom. The summed E-state index contributed by atoms with van der Waals surface area (Å²) >= 11 is 13.1. The van der Waals surface area contributed by atoms with E-state index < -0.39 is 11.6 Å². The van der Waals surface area contributed by atoms with Gasteiger partial charge in [-0.2, -0.15) is 0 Å². The maximum absolute atomic E-state index is 13.5. The molecule has 6 aromatic heterocycles. The number of amides is 2. The van der Waals surface area contributed by atoms with Crippen LogP contribution in [0.4, 0.5) is 39.4 Å². The van der Waals surface area contributed by atoms with E-state index >= 15 is 0 Å². The maximum atomic E-state index is 13.5. The fourth-order valence-electron chi connectivity index (χ4n) is 9.47. The van der Waals surface area contributed by atoms with Crippen LogP contribution in [0, 0.1) is 13.8 Å². The third-order valence-corrected chi connectivity index (χ3v) is 13.5. The van der Waals surface area contributed by atoms with Crippen molar-refractivity contribution in [3.8, 4) is 34.3 Å². The van der Waals surface area contributed by atoms with Crippen LogP contribution in [0.2, 0.25) is 10.0 Å². The van der Waals surface area contributed by atoms with Gasteiger partial charge in [0.05, 0.1) is 76.9 Å². The second-order valence-corrected chi connectivity index (χ2v) is 20.3. The van der Waals surface area contributed by atoms with Crippen molar-refractivity contribution in [3.63, 3.8) is 0 Å². The predicted octanol–water partition coefficient (Wildman–Crippen LogP) is 7.76. The molecule has 6 aromatic rings. The standard InChI is InChI=1S/C26H28ClN7O4.C15H15ClN4.C10H15N3O3/c1-15-8-16(4-6-28-15)23-19(27)9-20-24(32-23)34(17-5-7-33(20)12-17)25(35)31-21-10-30-22(11-29-21)36-13-18-14-37-26(2,3)38-18;1-9-6-10(2-4-17-9)14-12(16)7-13-15(19-14)18-11-3-5-20(13)8-11;1-10(2)15-6-7(16-10)5-14-9-4-12-8(11)3-13-9/h4,6,8-11,17-18H,5,7,12-14H2,1-3H3,(H,29,31,35);2,4,6-7,11H,3,5,8H2,1H3,(H,18,19);3-4,7H,5-6H2,1-2H3,(H2,11,12)/t17-,18+;11-;7-/m001/s1. The number of aromatic nitrogens is 8. The molecule has 6 aliphatic heterocycles. The summed E-state index contributed by atoms with van der Waals surface area (Å²) in [5, 5.41) is 7.60. The van der Waals surface area contributed by atoms with Crippen molar-refractivity contribution in [2.75, 3.05) is 83.7 Å². The van der Waals surface area contributed by atoms with Crippen LogP contribution in [0.15, 0.2) is 73.6 Å². The smallest absolute Gasteiger partial charge is 0.329 e. The Kier molecular flexibility index (Phi) is 14.6. The van der Waals surface area contributed by atoms with E-state index in [1.807, 2.05) is 77.9 Å². The molecule has 4 atom stereocenters. The summed E-state index contributed by atoms with van der Waals surface area (Å²) in [5.74, 6) is 1.82. The molecular formula is C51H58Cl2N14O7. The minimum absolute atomic E-state index is 0.0170. The summed E-state index contributed by atoms with van der Waals surface area (Å²) in [6.45, 7) is 16.7. The summed E-state index contributed by atoms with van der Waals surface area (Å²) in [7, 11) is 0. The number of hydrogen-bond donors (Lipinski definition) is 3. The molecule has 2 amide bonds. The highest BCUT2D eigenvalue weighted by Crippen LogP contribution is 2.44. The van der Waals surface area contributed by atoms with Crippen molar-refractivity contribution < 1.29 is 33.2 Å². The molecule has 0 aliphatic carbocycles. The van der Waals surface area contributed by atoms with Gasteiger partial charge in [0.15, 0.2) is 29.0 Å². The number of nitrogen functional groups attached to an aromatic ring is 1. The van der Waals surface area contributed by atoms with Gasteiger partial charge in [-0.05, 0) is 90.8 Å². The third kappa shape index (κ3) is 11.8. The summed E-state index contributed by atoms with van der Waals surface area (Å²) in [5.41, 5.74) is 12.5. The number of nitrogens with two attached hydrogens (primary N) is 1. The molecule has 12 heterocycles. The van der Waals surface area contributed by atoms with E-state index in [0.29, 0.717) is 84.0 Å². The van der Waals surface area contributed by atoms with Crippen LogP contribution in [-0.2, 0) is 18.9 Å². The minimum atomic E-state index is -0.616. The Morgan fingerprint density at radius 3 is 1.89 bits per heavy atom. The number of rotatable bonds is 9. The van der Waals surface area contributed by atoms with Gasteiger partial charge in [0.1, 0.15) is 31.2 Å². The van der Waals surface area contributed by atoms with Crippen LogP contribution >= 0.6 is 23.2 Å². The molecule has 388 valence electrons. The summed E-state index contributed by atoms with van der Waals surface area (Å²) in [6, 6.07) is 11.8. The number of pyridine rings is 4. The van der Waals surface area contributed by atoms with Gasteiger partial charge >= 0.3 is 6.03 Å². The SMILES string of the molecule is CC1(C)OC[C@@H](COc2cnc(N)cn2)O1.Cc1cc(-c2nc3c(cc2Cl)N2CC[C@@H](C2)N3)ccn1.Cc1cc(-c2nc3c(cc2Cl)N2CC[C@@H](C2)N3C(=O)Nc2cnc(OC[C@@H]3COC(C)(C)O3)cn2)ccn1. The Morgan fingerprint density at radius 2 is 1.32 bits per heavy atom. The molecule has 4 N–H and O–H groups in total. The summed E-state index contributed by atoms with van der Waals surface area (Å²) in [4.78, 5) is 54.4. The molecule has 0 saturated carbocycles. The highest BCUT2D eigenvalue weighted by molar-refractivity contribution is 6.34. The van der Waals surface area contributed by atoms with Gasteiger partial charge in [-0.25, -0.2) is 34.7 Å². The highest BCUT2D eigenvalue weighted by atomic mass is 35.5. The number of urea groups is 1. The van der Waals surface area contributed by atoms with E-state index in [-0.39, 0.29) is 24.3 Å². The molecular weight excluding hydrogens is 992 g/mol. The first-order chi connectivity index (χ1) is 35.5. The summed E-state index contributed by atoms with van der Waals surface area (Å²) in [6.07, 6.45) is 11.1. The van der Waals surface area contributed by atoms with Crippen molar-refractivity contribution >= 4 is 63.9 Å². The van der Waals surface area contributed by atoms with Gasteiger partial charge in [0.2, 0.25) is 11.8 Å². The molecule has 4 bridgehead atoms. The van der Waals surface area contributed by atoms with Crippen molar-refractivity contribution in [1.29, 1.82) is 0 Å². The Labute approximate surface area is 438 Å². The molecule has 6 aliphatic rings. The van der Waals surface area contributed by atoms with Gasteiger partial charge < -0.3 is 49.3 Å². The van der Waals surface area contributed by atoms with Crippen molar-refractivity contribution in [3.05, 3.63) is 95.0 Å². The number of halogens is 2. The lowest BCUT2D eigenvalue weighted by Crippen LogP contribution is -2.48. The lowest BCUT2D eigenvalue weighted by atomic mass is 10.1. The number of nitrogens with zero attached hydrogens (tertiary/aromatic N) is 11. The normalized spacial score (nSPS) is 21.3. The monoisotopic (exact) mass is 1050 g/mol. The lowest BCUT2D eigenvalue weighted by Gasteiger charge is -2.36. The van der Waals surface area contributed by atoms with Crippen LogP contribution in [0.5, 0.6) is 11.8 Å². The Hall–Kier alpha value is -6.75. The van der Waals surface area contributed by atoms with Gasteiger partial charge in [-0.3, -0.25) is 20.2 Å². The number of carbonyl (C=O) groups is 1. The molecule has 4 saturated heterocycles. The van der Waals surface area contributed by atoms with E-state index in [2.05, 4.69) is 50.3 Å². The fourth-order valence-corrected chi connectivity index (χ4v) is 9.98. The minimum Gasteiger partial charge on any atom is -0.474 e. The Balaban J connectivity index is 0.000000144. The zero-order valence-corrected chi connectivity index (χ0v) is 43.4. The van der Waals surface area contributed by atoms with Crippen LogP contribution in [-0.4, -0.2) is 134 Å². The average molecular weight is 1050 g/mol. The number of fused-ring (bicyclic) bond motifs is 8. The second kappa shape index (κ2) is 21.2. The quantitative estimate of drug-likeness (QED) is 0.125. The third-order valence-electron chi connectivity index (χ3n) is 12.9. The molecule has 12 rings (SSSR count). The van der Waals surface area contributed by atoms with E-state index in [0.717, 1.165) is 77.9 Å². The maximum Gasteiger partial charge on any atom is 0.329 e. The molecule has 0 unspecified atom stereocenters. The van der Waals surface area contributed by atoms with E-state index in [1.54, 1.807) is 17.3 Å².